The van der Waals surface area contributed by atoms with Crippen molar-refractivity contribution < 1.29 is 17.9 Å². The number of hydrogen-bond acceptors (Lipinski definition) is 4. The number of para-hydroxylation sites is 1. The molecule has 5 rings (SSSR count). The minimum atomic E-state index is -4.63. The Morgan fingerprint density at radius 1 is 0.886 bits per heavy atom. The number of rotatable bonds is 4. The van der Waals surface area contributed by atoms with E-state index in [2.05, 4.69) is 9.97 Å². The molecule has 0 unspecified atom stereocenters. The Morgan fingerprint density at radius 3 is 2.43 bits per heavy atom. The first kappa shape index (κ1) is 22.3. The molecule has 0 fully saturated rings. The van der Waals surface area contributed by atoms with Gasteiger partial charge >= 0.3 is 6.18 Å². The van der Waals surface area contributed by atoms with Crippen LogP contribution < -0.4 is 10.3 Å². The molecule has 0 N–H and O–H groups in total. The highest BCUT2D eigenvalue weighted by molar-refractivity contribution is 5.84. The van der Waals surface area contributed by atoms with Crippen molar-refractivity contribution in [2.75, 3.05) is 0 Å². The van der Waals surface area contributed by atoms with Gasteiger partial charge < -0.3 is 4.74 Å². The van der Waals surface area contributed by atoms with E-state index >= 15 is 0 Å². The lowest BCUT2D eigenvalue weighted by molar-refractivity contribution is -0.138. The SMILES string of the molecule is Cc1ccc(-c2ccccc2-n2cnc(=O)c3cc(Oc4ncccc4C(F)(F)F)ccc32)cc1. The minimum absolute atomic E-state index is 0.0465. The summed E-state index contributed by atoms with van der Waals surface area (Å²) in [5.74, 6) is -0.543. The molecule has 0 saturated carbocycles. The fourth-order valence-corrected chi connectivity index (χ4v) is 3.85. The molecule has 0 radical (unpaired) electrons. The van der Waals surface area contributed by atoms with E-state index in [0.29, 0.717) is 5.52 Å². The van der Waals surface area contributed by atoms with E-state index in [-0.39, 0.29) is 11.1 Å². The van der Waals surface area contributed by atoms with Crippen molar-refractivity contribution in [3.8, 4) is 28.4 Å². The smallest absolute Gasteiger partial charge is 0.421 e. The Balaban J connectivity index is 1.62. The van der Waals surface area contributed by atoms with E-state index in [9.17, 15) is 18.0 Å². The normalized spacial score (nSPS) is 11.5. The molecule has 3 aromatic carbocycles. The number of hydrogen-bond donors (Lipinski definition) is 0. The van der Waals surface area contributed by atoms with Crippen LogP contribution in [0.2, 0.25) is 0 Å². The van der Waals surface area contributed by atoms with Gasteiger partial charge in [0.25, 0.3) is 5.56 Å². The summed E-state index contributed by atoms with van der Waals surface area (Å²) in [5.41, 5.74) is 2.87. The molecule has 0 atom stereocenters. The molecule has 8 heteroatoms. The largest absolute Gasteiger partial charge is 0.438 e. The number of fused-ring (bicyclic) bond motifs is 1. The molecule has 5 aromatic rings. The molecule has 35 heavy (non-hydrogen) atoms. The monoisotopic (exact) mass is 473 g/mol. The predicted molar refractivity (Wildman–Crippen MR) is 127 cm³/mol. The fraction of sp³-hybridized carbons (Fsp3) is 0.0741. The van der Waals surface area contributed by atoms with Crippen LogP contribution in [0.5, 0.6) is 11.6 Å². The molecule has 0 bridgehead atoms. The van der Waals surface area contributed by atoms with Crippen molar-refractivity contribution >= 4 is 10.9 Å². The summed E-state index contributed by atoms with van der Waals surface area (Å²) in [7, 11) is 0. The van der Waals surface area contributed by atoms with Crippen LogP contribution in [0.1, 0.15) is 11.1 Å². The number of pyridine rings is 1. The Bertz CT molecular complexity index is 1590. The molecular formula is C27H18F3N3O2. The summed E-state index contributed by atoms with van der Waals surface area (Å²) < 4.78 is 47.2. The topological polar surface area (TPSA) is 57.0 Å². The molecule has 2 aromatic heterocycles. The number of nitrogens with zero attached hydrogens (tertiary/aromatic N) is 3. The highest BCUT2D eigenvalue weighted by atomic mass is 19.4. The minimum Gasteiger partial charge on any atom is -0.438 e. The second kappa shape index (κ2) is 8.72. The van der Waals surface area contributed by atoms with Crippen molar-refractivity contribution in [2.24, 2.45) is 0 Å². The van der Waals surface area contributed by atoms with Crippen molar-refractivity contribution in [1.29, 1.82) is 0 Å². The maximum Gasteiger partial charge on any atom is 0.421 e. The van der Waals surface area contributed by atoms with E-state index in [0.717, 1.165) is 28.4 Å². The van der Waals surface area contributed by atoms with E-state index in [4.69, 9.17) is 4.74 Å². The average Bonchev–Trinajstić information content (AvgIpc) is 2.85. The van der Waals surface area contributed by atoms with Crippen LogP contribution in [0.4, 0.5) is 13.2 Å². The first-order valence-corrected chi connectivity index (χ1v) is 10.7. The van der Waals surface area contributed by atoms with E-state index < -0.39 is 23.2 Å². The van der Waals surface area contributed by atoms with Crippen LogP contribution in [-0.4, -0.2) is 14.5 Å². The van der Waals surface area contributed by atoms with Gasteiger partial charge in [-0.2, -0.15) is 18.2 Å². The summed E-state index contributed by atoms with van der Waals surface area (Å²) in [6, 6.07) is 22.3. The van der Waals surface area contributed by atoms with E-state index in [1.807, 2.05) is 55.5 Å². The third kappa shape index (κ3) is 4.38. The lowest BCUT2D eigenvalue weighted by atomic mass is 10.0. The van der Waals surface area contributed by atoms with Gasteiger partial charge in [-0.1, -0.05) is 48.0 Å². The lowest BCUT2D eigenvalue weighted by Crippen LogP contribution is -2.12. The molecule has 5 nitrogen and oxygen atoms in total. The molecule has 0 amide bonds. The summed E-state index contributed by atoms with van der Waals surface area (Å²) >= 11 is 0. The third-order valence-electron chi connectivity index (χ3n) is 5.57. The molecule has 0 saturated heterocycles. The highest BCUT2D eigenvalue weighted by Gasteiger charge is 2.35. The third-order valence-corrected chi connectivity index (χ3v) is 5.57. The standard InChI is InChI=1S/C27H18F3N3O2/c1-17-8-10-18(11-9-17)20-5-2-3-7-23(20)33-16-32-25(34)21-15-19(12-13-24(21)33)35-26-22(27(28,29)30)6-4-14-31-26/h2-16H,1H3. The summed E-state index contributed by atoms with van der Waals surface area (Å²) in [4.78, 5) is 20.3. The maximum absolute atomic E-state index is 13.3. The zero-order valence-electron chi connectivity index (χ0n) is 18.5. The molecule has 0 aliphatic heterocycles. The number of aryl methyl sites for hydroxylation is 1. The van der Waals surface area contributed by atoms with Gasteiger partial charge in [0.05, 0.1) is 16.6 Å². The number of alkyl halides is 3. The summed E-state index contributed by atoms with van der Waals surface area (Å²) in [6.45, 7) is 2.01. The summed E-state index contributed by atoms with van der Waals surface area (Å²) in [5, 5.41) is 0.202. The molecule has 2 heterocycles. The van der Waals surface area contributed by atoms with Gasteiger partial charge in [-0.3, -0.25) is 9.36 Å². The van der Waals surface area contributed by atoms with Crippen LogP contribution in [0.25, 0.3) is 27.7 Å². The van der Waals surface area contributed by atoms with Crippen LogP contribution in [-0.2, 0) is 6.18 Å². The van der Waals surface area contributed by atoms with E-state index in [1.165, 1.54) is 30.7 Å². The van der Waals surface area contributed by atoms with Crippen LogP contribution in [0.3, 0.4) is 0 Å². The summed E-state index contributed by atoms with van der Waals surface area (Å²) in [6.07, 6.45) is -1.98. The fourth-order valence-electron chi connectivity index (χ4n) is 3.85. The van der Waals surface area contributed by atoms with Crippen LogP contribution in [0, 0.1) is 6.92 Å². The number of ether oxygens (including phenoxy) is 1. The van der Waals surface area contributed by atoms with E-state index in [1.54, 1.807) is 10.6 Å². The van der Waals surface area contributed by atoms with Gasteiger partial charge in [0.1, 0.15) is 17.6 Å². The van der Waals surface area contributed by atoms with Gasteiger partial charge in [0.2, 0.25) is 5.88 Å². The average molecular weight is 473 g/mol. The molecule has 0 aliphatic carbocycles. The quantitative estimate of drug-likeness (QED) is 0.296. The number of aromatic nitrogens is 3. The van der Waals surface area contributed by atoms with Crippen LogP contribution >= 0.6 is 0 Å². The predicted octanol–water partition coefficient (Wildman–Crippen LogP) is 6.57. The Labute approximate surface area is 198 Å². The second-order valence-electron chi connectivity index (χ2n) is 7.94. The van der Waals surface area contributed by atoms with Gasteiger partial charge in [0, 0.05) is 11.8 Å². The highest BCUT2D eigenvalue weighted by Crippen LogP contribution is 2.37. The zero-order chi connectivity index (χ0) is 24.6. The first-order chi connectivity index (χ1) is 16.8. The van der Waals surface area contributed by atoms with Crippen molar-refractivity contribution in [2.45, 2.75) is 13.1 Å². The number of benzene rings is 3. The molecule has 0 aliphatic rings. The van der Waals surface area contributed by atoms with Crippen molar-refractivity contribution in [3.63, 3.8) is 0 Å². The maximum atomic E-state index is 13.3. The molecular weight excluding hydrogens is 455 g/mol. The Kier molecular flexibility index (Phi) is 5.56. The molecule has 174 valence electrons. The number of halogens is 3. The first-order valence-electron chi connectivity index (χ1n) is 10.7. The van der Waals surface area contributed by atoms with Crippen molar-refractivity contribution in [3.05, 3.63) is 113 Å². The molecule has 0 spiro atoms. The van der Waals surface area contributed by atoms with Gasteiger partial charge in [-0.25, -0.2) is 4.98 Å². The second-order valence-corrected chi connectivity index (χ2v) is 7.94. The lowest BCUT2D eigenvalue weighted by Gasteiger charge is -2.16. The zero-order valence-corrected chi connectivity index (χ0v) is 18.5. The van der Waals surface area contributed by atoms with Crippen LogP contribution in [0.15, 0.2) is 96.2 Å². The Hall–Kier alpha value is -4.46. The van der Waals surface area contributed by atoms with Gasteiger partial charge in [0.15, 0.2) is 0 Å². The van der Waals surface area contributed by atoms with Gasteiger partial charge in [-0.15, -0.1) is 0 Å². The Morgan fingerprint density at radius 2 is 1.66 bits per heavy atom. The van der Waals surface area contributed by atoms with Gasteiger partial charge in [-0.05, 0) is 48.9 Å². The van der Waals surface area contributed by atoms with Crippen molar-refractivity contribution in [1.82, 2.24) is 14.5 Å².